The van der Waals surface area contributed by atoms with Gasteiger partial charge in [0.25, 0.3) is 5.91 Å². The summed E-state index contributed by atoms with van der Waals surface area (Å²) in [7, 11) is 1.67. The van der Waals surface area contributed by atoms with Crippen LogP contribution in [0.2, 0.25) is 0 Å². The number of hydrogen-bond acceptors (Lipinski definition) is 4. The van der Waals surface area contributed by atoms with Crippen molar-refractivity contribution in [2.75, 3.05) is 46.5 Å². The van der Waals surface area contributed by atoms with E-state index in [2.05, 4.69) is 59.3 Å². The highest BCUT2D eigenvalue weighted by molar-refractivity contribution is 6.09. The number of nitrogens with one attached hydrogen (secondary N) is 1. The van der Waals surface area contributed by atoms with Crippen LogP contribution in [0.1, 0.15) is 27.2 Å². The molecule has 0 unspecified atom stereocenters. The molecular formula is C30H33N3O3. The van der Waals surface area contributed by atoms with E-state index >= 15 is 0 Å². The monoisotopic (exact) mass is 483 g/mol. The Morgan fingerprint density at radius 3 is 2.44 bits per heavy atom. The largest absolute Gasteiger partial charge is 0.489 e. The van der Waals surface area contributed by atoms with E-state index in [0.717, 1.165) is 46.7 Å². The Bertz CT molecular complexity index is 1350. The van der Waals surface area contributed by atoms with E-state index in [-0.39, 0.29) is 5.91 Å². The Hall–Kier alpha value is -3.61. The van der Waals surface area contributed by atoms with Gasteiger partial charge < -0.3 is 24.3 Å². The number of rotatable bonds is 8. The number of ether oxygens (including phenoxy) is 2. The second-order valence-corrected chi connectivity index (χ2v) is 9.13. The average molecular weight is 484 g/mol. The number of fused-ring (bicyclic) bond motifs is 1. The van der Waals surface area contributed by atoms with E-state index in [1.807, 2.05) is 35.2 Å². The molecule has 0 aliphatic carbocycles. The molecule has 0 radical (unpaired) electrons. The molecule has 1 N–H and O–H groups in total. The van der Waals surface area contributed by atoms with Crippen molar-refractivity contribution >= 4 is 16.8 Å². The highest BCUT2D eigenvalue weighted by atomic mass is 16.5. The number of carbonyl (C=O) groups excluding carboxylic acids is 1. The van der Waals surface area contributed by atoms with Gasteiger partial charge in [0.05, 0.1) is 23.4 Å². The molecule has 3 aromatic carbocycles. The number of aryl methyl sites for hydroxylation is 1. The van der Waals surface area contributed by atoms with Gasteiger partial charge >= 0.3 is 0 Å². The van der Waals surface area contributed by atoms with Crippen LogP contribution < -0.4 is 10.1 Å². The van der Waals surface area contributed by atoms with Crippen molar-refractivity contribution in [3.8, 4) is 11.4 Å². The third-order valence-electron chi connectivity index (χ3n) is 6.86. The average Bonchev–Trinajstić information content (AvgIpc) is 3.24. The van der Waals surface area contributed by atoms with Gasteiger partial charge in [0, 0.05) is 50.8 Å². The van der Waals surface area contributed by atoms with E-state index in [1.165, 1.54) is 11.1 Å². The molecule has 6 nitrogen and oxygen atoms in total. The van der Waals surface area contributed by atoms with E-state index in [0.29, 0.717) is 32.7 Å². The fourth-order valence-electron chi connectivity index (χ4n) is 4.99. The molecule has 0 atom stereocenters. The van der Waals surface area contributed by atoms with E-state index in [9.17, 15) is 4.79 Å². The first kappa shape index (κ1) is 24.1. The van der Waals surface area contributed by atoms with Crippen LogP contribution in [0.15, 0.2) is 72.8 Å². The van der Waals surface area contributed by atoms with Crippen LogP contribution in [0.3, 0.4) is 0 Å². The number of aromatic nitrogens is 1. The number of methoxy groups -OCH3 is 1. The molecule has 5 rings (SSSR count). The minimum Gasteiger partial charge on any atom is -0.489 e. The van der Waals surface area contributed by atoms with E-state index in [4.69, 9.17) is 9.47 Å². The van der Waals surface area contributed by atoms with Crippen molar-refractivity contribution in [3.05, 3.63) is 95.2 Å². The van der Waals surface area contributed by atoms with Gasteiger partial charge in [-0.05, 0) is 36.2 Å². The standard InChI is InChI=1S/C30H33N3O3/c1-22-9-3-4-10-23(22)21-27-29(30(34)32-17-15-31-16-18-32)24-11-5-6-12-25(24)33(27)26-13-7-8-14-28(26)36-20-19-35-2/h3-14,31H,15-21H2,1-2H3. The summed E-state index contributed by atoms with van der Waals surface area (Å²) < 4.78 is 13.6. The first-order valence-corrected chi connectivity index (χ1v) is 12.6. The molecule has 36 heavy (non-hydrogen) atoms. The van der Waals surface area contributed by atoms with Crippen molar-refractivity contribution in [2.24, 2.45) is 0 Å². The lowest BCUT2D eigenvalue weighted by molar-refractivity contribution is 0.0736. The summed E-state index contributed by atoms with van der Waals surface area (Å²) in [6.07, 6.45) is 0.640. The Labute approximate surface area is 212 Å². The number of hydrogen-bond donors (Lipinski definition) is 1. The smallest absolute Gasteiger partial charge is 0.256 e. The second kappa shape index (κ2) is 11.0. The van der Waals surface area contributed by atoms with Crippen molar-refractivity contribution in [2.45, 2.75) is 13.3 Å². The van der Waals surface area contributed by atoms with Crippen LogP contribution in [0.5, 0.6) is 5.75 Å². The molecule has 0 bridgehead atoms. The van der Waals surface area contributed by atoms with Gasteiger partial charge in [-0.2, -0.15) is 0 Å². The van der Waals surface area contributed by atoms with Crippen LogP contribution in [0.4, 0.5) is 0 Å². The molecule has 1 fully saturated rings. The van der Waals surface area contributed by atoms with Gasteiger partial charge in [0.2, 0.25) is 0 Å². The molecule has 4 aromatic rings. The number of amides is 1. The molecule has 2 heterocycles. The van der Waals surface area contributed by atoms with Crippen molar-refractivity contribution in [3.63, 3.8) is 0 Å². The summed E-state index contributed by atoms with van der Waals surface area (Å²) >= 11 is 0. The number of nitrogens with zero attached hydrogens (tertiary/aromatic N) is 2. The maximum absolute atomic E-state index is 14.1. The van der Waals surface area contributed by atoms with Gasteiger partial charge in [-0.15, -0.1) is 0 Å². The van der Waals surface area contributed by atoms with Crippen molar-refractivity contribution in [1.82, 2.24) is 14.8 Å². The molecule has 1 aliphatic heterocycles. The van der Waals surface area contributed by atoms with E-state index < -0.39 is 0 Å². The highest BCUT2D eigenvalue weighted by Crippen LogP contribution is 2.36. The fourth-order valence-corrected chi connectivity index (χ4v) is 4.99. The first-order chi connectivity index (χ1) is 17.7. The molecule has 0 spiro atoms. The Kier molecular flexibility index (Phi) is 7.35. The van der Waals surface area contributed by atoms with Crippen molar-refractivity contribution in [1.29, 1.82) is 0 Å². The third kappa shape index (κ3) is 4.74. The van der Waals surface area contributed by atoms with Gasteiger partial charge in [-0.1, -0.05) is 54.6 Å². The first-order valence-electron chi connectivity index (χ1n) is 12.6. The van der Waals surface area contributed by atoms with Crippen LogP contribution in [-0.4, -0.2) is 61.9 Å². The molecule has 0 saturated carbocycles. The van der Waals surface area contributed by atoms with Crippen LogP contribution in [0, 0.1) is 6.92 Å². The highest BCUT2D eigenvalue weighted by Gasteiger charge is 2.28. The number of carbonyl (C=O) groups is 1. The summed E-state index contributed by atoms with van der Waals surface area (Å²) in [6, 6.07) is 24.6. The second-order valence-electron chi connectivity index (χ2n) is 9.13. The lowest BCUT2D eigenvalue weighted by Crippen LogP contribution is -2.46. The predicted octanol–water partition coefficient (Wildman–Crippen LogP) is 4.60. The zero-order valence-electron chi connectivity index (χ0n) is 21.0. The molecule has 186 valence electrons. The van der Waals surface area contributed by atoms with Crippen LogP contribution in [0.25, 0.3) is 16.6 Å². The molecular weight excluding hydrogens is 450 g/mol. The lowest BCUT2D eigenvalue weighted by Gasteiger charge is -2.28. The number of para-hydroxylation sites is 3. The maximum Gasteiger partial charge on any atom is 0.256 e. The topological polar surface area (TPSA) is 55.7 Å². The Balaban J connectivity index is 1.74. The summed E-state index contributed by atoms with van der Waals surface area (Å²) in [5.74, 6) is 0.857. The number of benzene rings is 3. The van der Waals surface area contributed by atoms with Gasteiger partial charge in [-0.3, -0.25) is 4.79 Å². The minimum absolute atomic E-state index is 0.0906. The lowest BCUT2D eigenvalue weighted by atomic mass is 10.00. The summed E-state index contributed by atoms with van der Waals surface area (Å²) in [5, 5.41) is 4.33. The third-order valence-corrected chi connectivity index (χ3v) is 6.86. The summed E-state index contributed by atoms with van der Waals surface area (Å²) in [4.78, 5) is 16.1. The maximum atomic E-state index is 14.1. The molecule has 1 aromatic heterocycles. The number of piperazine rings is 1. The SMILES string of the molecule is COCCOc1ccccc1-n1c(Cc2ccccc2C)c(C(=O)N2CCNCC2)c2ccccc21. The quantitative estimate of drug-likeness (QED) is 0.372. The van der Waals surface area contributed by atoms with Gasteiger partial charge in [0.15, 0.2) is 0 Å². The zero-order valence-corrected chi connectivity index (χ0v) is 21.0. The zero-order chi connectivity index (χ0) is 24.9. The molecule has 1 amide bonds. The fraction of sp³-hybridized carbons (Fsp3) is 0.300. The summed E-state index contributed by atoms with van der Waals surface area (Å²) in [6.45, 7) is 6.12. The van der Waals surface area contributed by atoms with Crippen LogP contribution >= 0.6 is 0 Å². The molecule has 1 saturated heterocycles. The van der Waals surface area contributed by atoms with E-state index in [1.54, 1.807) is 7.11 Å². The summed E-state index contributed by atoms with van der Waals surface area (Å²) in [5.41, 5.74) is 6.10. The van der Waals surface area contributed by atoms with Crippen molar-refractivity contribution < 1.29 is 14.3 Å². The van der Waals surface area contributed by atoms with Crippen LogP contribution in [-0.2, 0) is 11.2 Å². The molecule has 6 heteroatoms. The van der Waals surface area contributed by atoms with Gasteiger partial charge in [-0.25, -0.2) is 0 Å². The minimum atomic E-state index is 0.0906. The molecule has 1 aliphatic rings. The Morgan fingerprint density at radius 2 is 1.64 bits per heavy atom. The predicted molar refractivity (Wildman–Crippen MR) is 143 cm³/mol. The normalized spacial score (nSPS) is 13.8. The van der Waals surface area contributed by atoms with Gasteiger partial charge in [0.1, 0.15) is 12.4 Å². The Morgan fingerprint density at radius 1 is 0.917 bits per heavy atom.